The average Bonchev–Trinajstić information content (AvgIpc) is 1.94. The molecule has 11 heavy (non-hydrogen) atoms. The van der Waals surface area contributed by atoms with Gasteiger partial charge in [-0.2, -0.15) is 0 Å². The molecule has 0 radical (unpaired) electrons. The van der Waals surface area contributed by atoms with Crippen LogP contribution in [-0.2, 0) is 9.59 Å². The fraction of sp³-hybridized carbons (Fsp3) is 0.500. The molecule has 5 nitrogen and oxygen atoms in total. The maximum absolute atomic E-state index is 10.8. The molecule has 1 aliphatic rings. The minimum Gasteiger partial charge on any atom is -0.351 e. The molecule has 1 heterocycles. The van der Waals surface area contributed by atoms with Crippen molar-refractivity contribution in [3.63, 3.8) is 0 Å². The van der Waals surface area contributed by atoms with Gasteiger partial charge in [-0.1, -0.05) is 0 Å². The summed E-state index contributed by atoms with van der Waals surface area (Å²) >= 11 is 0. The SMILES string of the molecule is NC(=O)N1CCCC(=O)C1=O. The highest BCUT2D eigenvalue weighted by Crippen LogP contribution is 2.06. The lowest BCUT2D eigenvalue weighted by molar-refractivity contribution is -0.144. The van der Waals surface area contributed by atoms with Crippen molar-refractivity contribution in [2.24, 2.45) is 5.73 Å². The van der Waals surface area contributed by atoms with Crippen molar-refractivity contribution >= 4 is 17.7 Å². The molecule has 1 saturated heterocycles. The summed E-state index contributed by atoms with van der Waals surface area (Å²) in [7, 11) is 0. The summed E-state index contributed by atoms with van der Waals surface area (Å²) < 4.78 is 0. The Labute approximate surface area is 63.1 Å². The second kappa shape index (κ2) is 2.69. The first-order valence-electron chi connectivity index (χ1n) is 3.27. The molecule has 0 aromatic carbocycles. The first kappa shape index (κ1) is 7.71. The predicted octanol–water partition coefficient (Wildman–Crippen LogP) is -0.743. The van der Waals surface area contributed by atoms with E-state index in [1.54, 1.807) is 0 Å². The summed E-state index contributed by atoms with van der Waals surface area (Å²) in [6.07, 6.45) is 0.746. The topological polar surface area (TPSA) is 80.5 Å². The summed E-state index contributed by atoms with van der Waals surface area (Å²) in [5.74, 6) is -1.31. The minimum absolute atomic E-state index is 0.225. The van der Waals surface area contributed by atoms with Crippen molar-refractivity contribution in [2.45, 2.75) is 12.8 Å². The van der Waals surface area contributed by atoms with Gasteiger partial charge in [-0.25, -0.2) is 4.79 Å². The maximum atomic E-state index is 10.8. The zero-order chi connectivity index (χ0) is 8.43. The van der Waals surface area contributed by atoms with Gasteiger partial charge in [0.2, 0.25) is 5.78 Å². The maximum Gasteiger partial charge on any atom is 0.321 e. The summed E-state index contributed by atoms with van der Waals surface area (Å²) in [6.45, 7) is 0.264. The first-order valence-corrected chi connectivity index (χ1v) is 3.27. The third-order valence-electron chi connectivity index (χ3n) is 1.54. The number of amides is 3. The van der Waals surface area contributed by atoms with E-state index in [1.165, 1.54) is 0 Å². The van der Waals surface area contributed by atoms with Crippen LogP contribution >= 0.6 is 0 Å². The van der Waals surface area contributed by atoms with Crippen molar-refractivity contribution in [1.29, 1.82) is 0 Å². The number of nitrogens with zero attached hydrogens (tertiary/aromatic N) is 1. The van der Waals surface area contributed by atoms with Crippen LogP contribution in [-0.4, -0.2) is 29.2 Å². The molecule has 0 unspecified atom stereocenters. The molecule has 2 N–H and O–H groups in total. The molecule has 0 aliphatic carbocycles. The highest BCUT2D eigenvalue weighted by Gasteiger charge is 2.29. The minimum atomic E-state index is -0.844. The number of hydrogen-bond acceptors (Lipinski definition) is 3. The second-order valence-electron chi connectivity index (χ2n) is 2.32. The number of carbonyl (C=O) groups is 3. The first-order chi connectivity index (χ1) is 5.13. The number of rotatable bonds is 0. The molecule has 1 rings (SSSR count). The molecule has 0 atom stereocenters. The summed E-state index contributed by atoms with van der Waals surface area (Å²) in [5.41, 5.74) is 4.83. The molecule has 0 spiro atoms. The van der Waals surface area contributed by atoms with Crippen LogP contribution in [0.15, 0.2) is 0 Å². The van der Waals surface area contributed by atoms with E-state index >= 15 is 0 Å². The summed E-state index contributed by atoms with van der Waals surface area (Å²) in [4.78, 5) is 32.8. The number of carbonyl (C=O) groups excluding carboxylic acids is 3. The Kier molecular flexibility index (Phi) is 1.89. The lowest BCUT2D eigenvalue weighted by Gasteiger charge is -2.21. The van der Waals surface area contributed by atoms with Crippen molar-refractivity contribution in [2.75, 3.05) is 6.54 Å². The van der Waals surface area contributed by atoms with Crippen molar-refractivity contribution in [3.05, 3.63) is 0 Å². The second-order valence-corrected chi connectivity index (χ2v) is 2.32. The number of primary amides is 1. The van der Waals surface area contributed by atoms with Crippen LogP contribution in [0.2, 0.25) is 0 Å². The normalized spacial score (nSPS) is 18.7. The fourth-order valence-electron chi connectivity index (χ4n) is 0.967. The van der Waals surface area contributed by atoms with E-state index < -0.39 is 17.7 Å². The van der Waals surface area contributed by atoms with Gasteiger partial charge in [0, 0.05) is 13.0 Å². The van der Waals surface area contributed by atoms with Crippen LogP contribution in [0.4, 0.5) is 4.79 Å². The number of ketones is 1. The third-order valence-corrected chi connectivity index (χ3v) is 1.54. The molecule has 3 amide bonds. The number of hydrogen-bond donors (Lipinski definition) is 1. The quantitative estimate of drug-likeness (QED) is 0.469. The van der Waals surface area contributed by atoms with E-state index in [9.17, 15) is 14.4 Å². The van der Waals surface area contributed by atoms with E-state index in [-0.39, 0.29) is 13.0 Å². The molecule has 0 aromatic heterocycles. The van der Waals surface area contributed by atoms with Crippen LogP contribution in [0, 0.1) is 0 Å². The highest BCUT2D eigenvalue weighted by molar-refractivity contribution is 6.38. The predicted molar refractivity (Wildman–Crippen MR) is 35.5 cm³/mol. The van der Waals surface area contributed by atoms with Crippen LogP contribution in [0.1, 0.15) is 12.8 Å². The molecule has 0 aromatic rings. The number of urea groups is 1. The number of piperidine rings is 1. The van der Waals surface area contributed by atoms with Gasteiger partial charge in [-0.3, -0.25) is 14.5 Å². The van der Waals surface area contributed by atoms with Crippen LogP contribution in [0.25, 0.3) is 0 Å². The Morgan fingerprint density at radius 3 is 2.55 bits per heavy atom. The molecular formula is C6H8N2O3. The summed E-state index contributed by atoms with van der Waals surface area (Å²) in [6, 6.07) is -0.844. The van der Waals surface area contributed by atoms with E-state index in [1.807, 2.05) is 0 Å². The Bertz CT molecular complexity index is 224. The van der Waals surface area contributed by atoms with Gasteiger partial charge in [0.15, 0.2) is 0 Å². The number of likely N-dealkylation sites (tertiary alicyclic amines) is 1. The lowest BCUT2D eigenvalue weighted by atomic mass is 10.1. The van der Waals surface area contributed by atoms with Gasteiger partial charge in [0.05, 0.1) is 0 Å². The Balaban J connectivity index is 2.74. The van der Waals surface area contributed by atoms with Gasteiger partial charge < -0.3 is 5.73 Å². The van der Waals surface area contributed by atoms with Gasteiger partial charge in [-0.15, -0.1) is 0 Å². The lowest BCUT2D eigenvalue weighted by Crippen LogP contribution is -2.47. The highest BCUT2D eigenvalue weighted by atomic mass is 16.2. The summed E-state index contributed by atoms with van der Waals surface area (Å²) in [5, 5.41) is 0. The largest absolute Gasteiger partial charge is 0.351 e. The monoisotopic (exact) mass is 156 g/mol. The van der Waals surface area contributed by atoms with E-state index in [0.717, 1.165) is 4.90 Å². The zero-order valence-electron chi connectivity index (χ0n) is 5.87. The van der Waals surface area contributed by atoms with Crippen molar-refractivity contribution < 1.29 is 14.4 Å². The number of Topliss-reactive ketones (excluding diaryl/α,β-unsaturated/α-hetero) is 1. The zero-order valence-corrected chi connectivity index (χ0v) is 5.87. The Hall–Kier alpha value is -1.39. The number of nitrogens with two attached hydrogens (primary N) is 1. The van der Waals surface area contributed by atoms with Crippen molar-refractivity contribution in [3.8, 4) is 0 Å². The smallest absolute Gasteiger partial charge is 0.321 e. The Morgan fingerprint density at radius 1 is 1.45 bits per heavy atom. The van der Waals surface area contributed by atoms with Gasteiger partial charge in [-0.05, 0) is 6.42 Å². The van der Waals surface area contributed by atoms with Crippen LogP contribution in [0.5, 0.6) is 0 Å². The molecule has 0 bridgehead atoms. The third kappa shape index (κ3) is 1.36. The van der Waals surface area contributed by atoms with E-state index in [2.05, 4.69) is 0 Å². The molecule has 0 saturated carbocycles. The molecule has 5 heteroatoms. The van der Waals surface area contributed by atoms with Crippen LogP contribution < -0.4 is 5.73 Å². The van der Waals surface area contributed by atoms with E-state index in [4.69, 9.17) is 5.73 Å². The standard InChI is InChI=1S/C6H8N2O3/c7-6(11)8-3-1-2-4(9)5(8)10/h1-3H2,(H2,7,11). The Morgan fingerprint density at radius 2 is 2.09 bits per heavy atom. The van der Waals surface area contributed by atoms with Gasteiger partial charge in [0.25, 0.3) is 5.91 Å². The van der Waals surface area contributed by atoms with Gasteiger partial charge >= 0.3 is 6.03 Å². The molecular weight excluding hydrogens is 148 g/mol. The number of imide groups is 1. The average molecular weight is 156 g/mol. The molecule has 1 aliphatic heterocycles. The van der Waals surface area contributed by atoms with Gasteiger partial charge in [0.1, 0.15) is 0 Å². The van der Waals surface area contributed by atoms with Crippen LogP contribution in [0.3, 0.4) is 0 Å². The van der Waals surface area contributed by atoms with E-state index in [0.29, 0.717) is 6.42 Å². The van der Waals surface area contributed by atoms with Crippen molar-refractivity contribution in [1.82, 2.24) is 4.90 Å². The molecule has 1 fully saturated rings. The molecule has 60 valence electrons. The fourth-order valence-corrected chi connectivity index (χ4v) is 0.967.